The highest BCUT2D eigenvalue weighted by atomic mass is 79.9. The SMILES string of the molecule is Nc1ccn(CC(=O)OCC(=O)Nc2cccc(Br)c2)n1. The zero-order valence-corrected chi connectivity index (χ0v) is 12.5. The highest BCUT2D eigenvalue weighted by Crippen LogP contribution is 2.15. The van der Waals surface area contributed by atoms with Gasteiger partial charge in [-0.1, -0.05) is 22.0 Å². The van der Waals surface area contributed by atoms with Gasteiger partial charge in [0.05, 0.1) is 0 Å². The monoisotopic (exact) mass is 352 g/mol. The summed E-state index contributed by atoms with van der Waals surface area (Å²) in [6.07, 6.45) is 1.55. The van der Waals surface area contributed by atoms with Crippen molar-refractivity contribution in [1.82, 2.24) is 9.78 Å². The van der Waals surface area contributed by atoms with Crippen LogP contribution in [0.15, 0.2) is 41.0 Å². The number of nitrogens with two attached hydrogens (primary N) is 1. The van der Waals surface area contributed by atoms with E-state index in [2.05, 4.69) is 26.3 Å². The van der Waals surface area contributed by atoms with Gasteiger partial charge in [0.25, 0.3) is 5.91 Å². The minimum absolute atomic E-state index is 0.0959. The summed E-state index contributed by atoms with van der Waals surface area (Å²) in [7, 11) is 0. The van der Waals surface area contributed by atoms with Gasteiger partial charge in [-0.05, 0) is 24.3 Å². The van der Waals surface area contributed by atoms with E-state index in [9.17, 15) is 9.59 Å². The molecule has 3 N–H and O–H groups in total. The quantitative estimate of drug-likeness (QED) is 0.792. The molecule has 8 heteroatoms. The summed E-state index contributed by atoms with van der Waals surface area (Å²) in [5.74, 6) is -0.667. The minimum Gasteiger partial charge on any atom is -0.454 e. The van der Waals surface area contributed by atoms with Crippen molar-refractivity contribution in [3.63, 3.8) is 0 Å². The van der Waals surface area contributed by atoms with Crippen LogP contribution in [0.5, 0.6) is 0 Å². The van der Waals surface area contributed by atoms with Crippen molar-refractivity contribution in [3.8, 4) is 0 Å². The van der Waals surface area contributed by atoms with E-state index in [1.165, 1.54) is 4.68 Å². The normalized spacial score (nSPS) is 10.1. The molecule has 0 atom stereocenters. The average Bonchev–Trinajstić information content (AvgIpc) is 2.82. The van der Waals surface area contributed by atoms with Gasteiger partial charge in [-0.25, -0.2) is 0 Å². The van der Waals surface area contributed by atoms with Gasteiger partial charge < -0.3 is 15.8 Å². The Labute approximate surface area is 129 Å². The maximum absolute atomic E-state index is 11.6. The third-order valence-electron chi connectivity index (χ3n) is 2.43. The van der Waals surface area contributed by atoms with Crippen molar-refractivity contribution >= 4 is 39.3 Å². The van der Waals surface area contributed by atoms with Crippen LogP contribution in [0, 0.1) is 0 Å². The lowest BCUT2D eigenvalue weighted by molar-refractivity contribution is -0.148. The van der Waals surface area contributed by atoms with Crippen LogP contribution in [0.2, 0.25) is 0 Å². The first-order valence-electron chi connectivity index (χ1n) is 6.03. The van der Waals surface area contributed by atoms with E-state index >= 15 is 0 Å². The van der Waals surface area contributed by atoms with Gasteiger partial charge in [0.2, 0.25) is 0 Å². The number of aromatic nitrogens is 2. The van der Waals surface area contributed by atoms with E-state index in [-0.39, 0.29) is 13.2 Å². The lowest BCUT2D eigenvalue weighted by Gasteiger charge is -2.07. The van der Waals surface area contributed by atoms with Crippen molar-refractivity contribution in [3.05, 3.63) is 41.0 Å². The van der Waals surface area contributed by atoms with E-state index < -0.39 is 11.9 Å². The summed E-state index contributed by atoms with van der Waals surface area (Å²) in [6, 6.07) is 8.66. The van der Waals surface area contributed by atoms with Crippen LogP contribution < -0.4 is 11.1 Å². The van der Waals surface area contributed by atoms with Gasteiger partial charge in [0.15, 0.2) is 6.61 Å². The first-order chi connectivity index (χ1) is 10.0. The topological polar surface area (TPSA) is 99.2 Å². The molecule has 2 aromatic rings. The Bertz CT molecular complexity index is 656. The Morgan fingerprint density at radius 2 is 2.19 bits per heavy atom. The maximum atomic E-state index is 11.6. The van der Waals surface area contributed by atoms with Crippen LogP contribution in [0.4, 0.5) is 11.5 Å². The second kappa shape index (κ2) is 6.89. The molecule has 0 unspecified atom stereocenters. The molecule has 7 nitrogen and oxygen atoms in total. The number of anilines is 2. The number of ether oxygens (including phenoxy) is 1. The fraction of sp³-hybridized carbons (Fsp3) is 0.154. The summed E-state index contributed by atoms with van der Waals surface area (Å²) >= 11 is 3.30. The Morgan fingerprint density at radius 1 is 1.38 bits per heavy atom. The number of hydrogen-bond donors (Lipinski definition) is 2. The molecule has 0 aliphatic heterocycles. The zero-order chi connectivity index (χ0) is 15.2. The van der Waals surface area contributed by atoms with Crippen molar-refractivity contribution in [2.75, 3.05) is 17.7 Å². The van der Waals surface area contributed by atoms with Gasteiger partial charge in [-0.15, -0.1) is 0 Å². The number of hydrogen-bond acceptors (Lipinski definition) is 5. The fourth-order valence-corrected chi connectivity index (χ4v) is 1.95. The first kappa shape index (κ1) is 15.0. The standard InChI is InChI=1S/C13H13BrN4O3/c14-9-2-1-3-10(6-9)16-12(19)8-21-13(20)7-18-5-4-11(15)17-18/h1-6H,7-8H2,(H2,15,17)(H,16,19). The lowest BCUT2D eigenvalue weighted by atomic mass is 10.3. The second-order valence-corrected chi connectivity index (χ2v) is 5.07. The van der Waals surface area contributed by atoms with Gasteiger partial charge in [-0.2, -0.15) is 5.10 Å². The largest absolute Gasteiger partial charge is 0.454 e. The maximum Gasteiger partial charge on any atom is 0.328 e. The van der Waals surface area contributed by atoms with Crippen LogP contribution in [0.3, 0.4) is 0 Å². The van der Waals surface area contributed by atoms with Crippen molar-refractivity contribution in [2.24, 2.45) is 0 Å². The van der Waals surface area contributed by atoms with Crippen LogP contribution >= 0.6 is 15.9 Å². The second-order valence-electron chi connectivity index (χ2n) is 4.16. The first-order valence-corrected chi connectivity index (χ1v) is 6.82. The summed E-state index contributed by atoms with van der Waals surface area (Å²) in [4.78, 5) is 23.2. The Morgan fingerprint density at radius 3 is 2.86 bits per heavy atom. The minimum atomic E-state index is -0.567. The third-order valence-corrected chi connectivity index (χ3v) is 2.92. The van der Waals surface area contributed by atoms with Crippen molar-refractivity contribution in [1.29, 1.82) is 0 Å². The average molecular weight is 353 g/mol. The molecule has 1 aromatic carbocycles. The number of benzene rings is 1. The summed E-state index contributed by atoms with van der Waals surface area (Å²) in [5, 5.41) is 6.46. The van der Waals surface area contributed by atoms with Crippen molar-refractivity contribution in [2.45, 2.75) is 6.54 Å². The number of carbonyl (C=O) groups excluding carboxylic acids is 2. The Balaban J connectivity index is 1.77. The molecule has 1 amide bonds. The molecule has 1 aromatic heterocycles. The van der Waals surface area contributed by atoms with E-state index in [0.29, 0.717) is 11.5 Å². The predicted octanol–water partition coefficient (Wildman–Crippen LogP) is 1.41. The number of esters is 1. The van der Waals surface area contributed by atoms with Gasteiger partial charge in [0, 0.05) is 16.4 Å². The highest BCUT2D eigenvalue weighted by molar-refractivity contribution is 9.10. The van der Waals surface area contributed by atoms with Crippen LogP contribution in [-0.2, 0) is 20.9 Å². The molecule has 0 saturated carbocycles. The van der Waals surface area contributed by atoms with Gasteiger partial charge in [-0.3, -0.25) is 14.3 Å². The fourth-order valence-electron chi connectivity index (χ4n) is 1.55. The molecule has 110 valence electrons. The van der Waals surface area contributed by atoms with Gasteiger partial charge in [0.1, 0.15) is 12.4 Å². The number of nitrogens with zero attached hydrogens (tertiary/aromatic N) is 2. The molecular weight excluding hydrogens is 340 g/mol. The number of nitrogen functional groups attached to an aromatic ring is 1. The summed E-state index contributed by atoms with van der Waals surface area (Å²) in [6.45, 7) is -0.455. The van der Waals surface area contributed by atoms with Crippen molar-refractivity contribution < 1.29 is 14.3 Å². The molecule has 2 rings (SSSR count). The summed E-state index contributed by atoms with van der Waals surface area (Å²) < 4.78 is 7.03. The lowest BCUT2D eigenvalue weighted by Crippen LogP contribution is -2.23. The molecule has 0 aliphatic carbocycles. The zero-order valence-electron chi connectivity index (χ0n) is 11.0. The smallest absolute Gasteiger partial charge is 0.328 e. The molecular formula is C13H13BrN4O3. The summed E-state index contributed by atoms with van der Waals surface area (Å²) in [5.41, 5.74) is 6.04. The van der Waals surface area contributed by atoms with E-state index in [4.69, 9.17) is 10.5 Å². The molecule has 0 spiro atoms. The number of nitrogens with one attached hydrogen (secondary N) is 1. The highest BCUT2D eigenvalue weighted by Gasteiger charge is 2.09. The molecule has 0 saturated heterocycles. The predicted molar refractivity (Wildman–Crippen MR) is 80.4 cm³/mol. The molecule has 0 aliphatic rings. The molecule has 1 heterocycles. The number of halogens is 1. The van der Waals surface area contributed by atoms with E-state index in [1.807, 2.05) is 6.07 Å². The molecule has 21 heavy (non-hydrogen) atoms. The molecule has 0 bridgehead atoms. The van der Waals surface area contributed by atoms with Crippen LogP contribution in [0.1, 0.15) is 0 Å². The Hall–Kier alpha value is -2.35. The van der Waals surface area contributed by atoms with Crippen LogP contribution in [-0.4, -0.2) is 28.3 Å². The van der Waals surface area contributed by atoms with E-state index in [1.54, 1.807) is 30.5 Å². The third kappa shape index (κ3) is 4.92. The van der Waals surface area contributed by atoms with Gasteiger partial charge >= 0.3 is 5.97 Å². The Kier molecular flexibility index (Phi) is 4.94. The molecule has 0 fully saturated rings. The number of rotatable bonds is 5. The van der Waals surface area contributed by atoms with E-state index in [0.717, 1.165) is 4.47 Å². The number of amides is 1. The number of carbonyl (C=O) groups is 2. The molecule has 0 radical (unpaired) electrons. The van der Waals surface area contributed by atoms with Crippen LogP contribution in [0.25, 0.3) is 0 Å².